The number of ether oxygens (including phenoxy) is 2. The van der Waals surface area contributed by atoms with Crippen molar-refractivity contribution in [2.75, 3.05) is 51.3 Å². The van der Waals surface area contributed by atoms with Gasteiger partial charge in [0.05, 0.1) is 17.2 Å². The number of likely N-dealkylation sites (N-methyl/N-ethyl adjacent to an activating group) is 1. The lowest BCUT2D eigenvalue weighted by atomic mass is 9.96. The number of nitrogens with one attached hydrogen (secondary N) is 1. The molecule has 1 saturated heterocycles. The minimum atomic E-state index is 0.0141. The van der Waals surface area contributed by atoms with Gasteiger partial charge in [-0.2, -0.15) is 10.2 Å². The standard InChI is InChI=1S/C36H37ClN6O4/c1-24-28(4-3-5-30(24)27-6-7-33-32(16-27)41-36(47-33)43-11-9-42(2)10-12-43)23-46-35-17-34(29(15-31(35)37)21-39-8-13-44)45-22-26-14-25(18-38)19-40-20-26/h3-7,14-17,19-20,39,44H,8-13,21-23H2,1-2H3. The number of anilines is 1. The summed E-state index contributed by atoms with van der Waals surface area (Å²) in [5.74, 6) is 1.07. The van der Waals surface area contributed by atoms with Gasteiger partial charge in [-0.25, -0.2) is 0 Å². The fourth-order valence-corrected chi connectivity index (χ4v) is 5.81. The van der Waals surface area contributed by atoms with E-state index in [1.54, 1.807) is 18.3 Å². The summed E-state index contributed by atoms with van der Waals surface area (Å²) in [6.07, 6.45) is 3.18. The van der Waals surface area contributed by atoms with E-state index in [2.05, 4.69) is 58.3 Å². The maximum atomic E-state index is 9.23. The van der Waals surface area contributed by atoms with E-state index < -0.39 is 0 Å². The van der Waals surface area contributed by atoms with Crippen LogP contribution in [0.1, 0.15) is 27.8 Å². The first-order valence-corrected chi connectivity index (χ1v) is 16.0. The van der Waals surface area contributed by atoms with Crippen molar-refractivity contribution < 1.29 is 19.0 Å². The Balaban J connectivity index is 1.20. The molecule has 2 aromatic heterocycles. The summed E-state index contributed by atoms with van der Waals surface area (Å²) in [5, 5.41) is 22.1. The van der Waals surface area contributed by atoms with Gasteiger partial charge in [0, 0.05) is 68.9 Å². The Morgan fingerprint density at radius 1 is 1.00 bits per heavy atom. The third kappa shape index (κ3) is 7.67. The predicted octanol–water partition coefficient (Wildman–Crippen LogP) is 5.72. The van der Waals surface area contributed by atoms with Gasteiger partial charge >= 0.3 is 0 Å². The first kappa shape index (κ1) is 32.3. The summed E-state index contributed by atoms with van der Waals surface area (Å²) >= 11 is 6.70. The number of aliphatic hydroxyl groups excluding tert-OH is 1. The zero-order valence-corrected chi connectivity index (χ0v) is 27.3. The zero-order valence-electron chi connectivity index (χ0n) is 26.5. The van der Waals surface area contributed by atoms with Crippen LogP contribution in [0.15, 0.2) is 71.4 Å². The van der Waals surface area contributed by atoms with Crippen LogP contribution in [0.25, 0.3) is 22.2 Å². The second-order valence-corrected chi connectivity index (χ2v) is 12.0. The fourth-order valence-electron chi connectivity index (χ4n) is 5.57. The molecule has 10 nitrogen and oxygen atoms in total. The lowest BCUT2D eigenvalue weighted by molar-refractivity contribution is 0.282. The normalized spacial score (nSPS) is 13.6. The fraction of sp³-hybridized carbons (Fsp3) is 0.306. The highest BCUT2D eigenvalue weighted by molar-refractivity contribution is 6.32. The number of oxazole rings is 1. The maximum Gasteiger partial charge on any atom is 0.298 e. The second-order valence-electron chi connectivity index (χ2n) is 11.6. The molecule has 0 atom stereocenters. The van der Waals surface area contributed by atoms with E-state index in [0.717, 1.165) is 70.7 Å². The Kier molecular flexibility index (Phi) is 10.2. The number of nitriles is 1. The molecular formula is C36H37ClN6O4. The lowest BCUT2D eigenvalue weighted by Crippen LogP contribution is -2.44. The van der Waals surface area contributed by atoms with E-state index in [9.17, 15) is 10.4 Å². The quantitative estimate of drug-likeness (QED) is 0.162. The molecule has 5 aromatic rings. The third-order valence-electron chi connectivity index (χ3n) is 8.33. The molecule has 2 N–H and O–H groups in total. The number of benzene rings is 3. The highest BCUT2D eigenvalue weighted by Gasteiger charge is 2.20. The summed E-state index contributed by atoms with van der Waals surface area (Å²) in [6.45, 7) is 7.25. The van der Waals surface area contributed by atoms with Gasteiger partial charge in [-0.05, 0) is 60.5 Å². The van der Waals surface area contributed by atoms with Crippen molar-refractivity contribution in [2.24, 2.45) is 0 Å². The number of hydrogen-bond donors (Lipinski definition) is 2. The smallest absolute Gasteiger partial charge is 0.298 e. The molecule has 0 radical (unpaired) electrons. The maximum absolute atomic E-state index is 9.23. The molecule has 0 aliphatic carbocycles. The molecule has 0 saturated carbocycles. The summed E-state index contributed by atoms with van der Waals surface area (Å²) in [6, 6.07) is 20.4. The molecule has 0 amide bonds. The van der Waals surface area contributed by atoms with Crippen LogP contribution in [-0.4, -0.2) is 66.4 Å². The molecular weight excluding hydrogens is 616 g/mol. The van der Waals surface area contributed by atoms with E-state index in [1.807, 2.05) is 24.3 Å². The topological polar surface area (TPSA) is 120 Å². The number of pyridine rings is 1. The van der Waals surface area contributed by atoms with E-state index in [4.69, 9.17) is 30.5 Å². The number of aromatic nitrogens is 2. The highest BCUT2D eigenvalue weighted by Crippen LogP contribution is 2.35. The van der Waals surface area contributed by atoms with E-state index >= 15 is 0 Å². The van der Waals surface area contributed by atoms with Crippen molar-refractivity contribution in [1.29, 1.82) is 5.26 Å². The average Bonchev–Trinajstić information content (AvgIpc) is 3.52. The highest BCUT2D eigenvalue weighted by atomic mass is 35.5. The Bertz CT molecular complexity index is 1900. The molecule has 1 fully saturated rings. The van der Waals surface area contributed by atoms with Crippen molar-refractivity contribution in [1.82, 2.24) is 20.2 Å². The van der Waals surface area contributed by atoms with Gasteiger partial charge < -0.3 is 34.1 Å². The third-order valence-corrected chi connectivity index (χ3v) is 8.62. The molecule has 1 aliphatic rings. The van der Waals surface area contributed by atoms with Crippen molar-refractivity contribution in [3.63, 3.8) is 0 Å². The number of hydrogen-bond acceptors (Lipinski definition) is 10. The molecule has 3 heterocycles. The zero-order chi connectivity index (χ0) is 32.8. The van der Waals surface area contributed by atoms with Crippen LogP contribution in [0.2, 0.25) is 5.02 Å². The molecule has 11 heteroatoms. The van der Waals surface area contributed by atoms with Crippen LogP contribution in [0.4, 0.5) is 6.01 Å². The first-order valence-electron chi connectivity index (χ1n) is 15.6. The van der Waals surface area contributed by atoms with Gasteiger partial charge in [0.25, 0.3) is 6.01 Å². The lowest BCUT2D eigenvalue weighted by Gasteiger charge is -2.31. The van der Waals surface area contributed by atoms with E-state index in [-0.39, 0.29) is 13.2 Å². The molecule has 0 spiro atoms. The number of halogens is 1. The minimum absolute atomic E-state index is 0.0141. The van der Waals surface area contributed by atoms with Crippen LogP contribution in [0.3, 0.4) is 0 Å². The second kappa shape index (κ2) is 14.8. The van der Waals surface area contributed by atoms with Gasteiger partial charge in [-0.15, -0.1) is 0 Å². The van der Waals surface area contributed by atoms with Crippen LogP contribution in [0.5, 0.6) is 11.5 Å². The molecule has 0 bridgehead atoms. The average molecular weight is 653 g/mol. The number of rotatable bonds is 12. The van der Waals surface area contributed by atoms with Gasteiger partial charge in [-0.1, -0.05) is 35.9 Å². The van der Waals surface area contributed by atoms with Gasteiger partial charge in [0.2, 0.25) is 0 Å². The van der Waals surface area contributed by atoms with Crippen molar-refractivity contribution in [2.45, 2.75) is 26.7 Å². The molecule has 242 valence electrons. The number of aliphatic hydroxyl groups is 1. The Morgan fingerprint density at radius 2 is 1.83 bits per heavy atom. The largest absolute Gasteiger partial charge is 0.488 e. The Morgan fingerprint density at radius 3 is 2.64 bits per heavy atom. The van der Waals surface area contributed by atoms with Crippen LogP contribution in [0, 0.1) is 18.3 Å². The van der Waals surface area contributed by atoms with Crippen molar-refractivity contribution in [3.8, 4) is 28.7 Å². The minimum Gasteiger partial charge on any atom is -0.488 e. The number of nitrogens with zero attached hydrogens (tertiary/aromatic N) is 5. The Hall–Kier alpha value is -4.66. The molecule has 47 heavy (non-hydrogen) atoms. The summed E-state index contributed by atoms with van der Waals surface area (Å²) in [7, 11) is 2.13. The van der Waals surface area contributed by atoms with Crippen LogP contribution in [-0.2, 0) is 19.8 Å². The Labute approximate surface area is 279 Å². The summed E-state index contributed by atoms with van der Waals surface area (Å²) in [5.41, 5.74) is 7.91. The molecule has 3 aromatic carbocycles. The number of fused-ring (bicyclic) bond motifs is 1. The summed E-state index contributed by atoms with van der Waals surface area (Å²) < 4.78 is 18.6. The van der Waals surface area contributed by atoms with E-state index in [0.29, 0.717) is 47.8 Å². The monoisotopic (exact) mass is 652 g/mol. The van der Waals surface area contributed by atoms with Crippen molar-refractivity contribution in [3.05, 3.63) is 99.8 Å². The van der Waals surface area contributed by atoms with Crippen molar-refractivity contribution >= 4 is 28.7 Å². The SMILES string of the molecule is Cc1c(COc2cc(OCc3cncc(C#N)c3)c(CNCCO)cc2Cl)cccc1-c1ccc2oc(N3CCN(C)CC3)nc2c1. The van der Waals surface area contributed by atoms with Crippen LogP contribution >= 0.6 is 11.6 Å². The molecule has 1 aliphatic heterocycles. The van der Waals surface area contributed by atoms with E-state index in [1.165, 1.54) is 6.20 Å². The van der Waals surface area contributed by atoms with Gasteiger partial charge in [0.1, 0.15) is 36.3 Å². The van der Waals surface area contributed by atoms with Crippen LogP contribution < -0.4 is 19.7 Å². The number of piperazine rings is 1. The first-order chi connectivity index (χ1) is 22.9. The van der Waals surface area contributed by atoms with Gasteiger partial charge in [0.15, 0.2) is 5.58 Å². The molecule has 0 unspecified atom stereocenters. The van der Waals surface area contributed by atoms with Gasteiger partial charge in [-0.3, -0.25) is 4.98 Å². The molecule has 6 rings (SSSR count). The predicted molar refractivity (Wildman–Crippen MR) is 182 cm³/mol. The summed E-state index contributed by atoms with van der Waals surface area (Å²) in [4.78, 5) is 13.5.